The first-order valence-electron chi connectivity index (χ1n) is 4.78. The van der Waals surface area contributed by atoms with Crippen LogP contribution >= 0.6 is 0 Å². The number of hydrazine groups is 1. The van der Waals surface area contributed by atoms with Crippen molar-refractivity contribution in [2.75, 3.05) is 6.61 Å². The molecule has 3 heteroatoms. The van der Waals surface area contributed by atoms with Gasteiger partial charge in [-0.2, -0.15) is 0 Å². The van der Waals surface area contributed by atoms with E-state index in [1.807, 2.05) is 20.8 Å². The van der Waals surface area contributed by atoms with Crippen LogP contribution in [0.4, 0.5) is 0 Å². The van der Waals surface area contributed by atoms with Crippen LogP contribution in [0.3, 0.4) is 0 Å². The van der Waals surface area contributed by atoms with Gasteiger partial charge in [0.1, 0.15) is 0 Å². The molecule has 13 heavy (non-hydrogen) atoms. The molecule has 3 N–H and O–H groups in total. The van der Waals surface area contributed by atoms with Crippen molar-refractivity contribution in [3.63, 3.8) is 0 Å². The normalized spacial score (nSPS) is 13.3. The molecule has 3 nitrogen and oxygen atoms in total. The van der Waals surface area contributed by atoms with Gasteiger partial charge >= 0.3 is 0 Å². The third-order valence-electron chi connectivity index (χ3n) is 1.79. The molecular formula is C10H22N2O. The molecule has 78 valence electrons. The zero-order valence-corrected chi connectivity index (χ0v) is 8.97. The van der Waals surface area contributed by atoms with Crippen LogP contribution in [-0.4, -0.2) is 18.8 Å². The van der Waals surface area contributed by atoms with Crippen LogP contribution in [0.2, 0.25) is 0 Å². The van der Waals surface area contributed by atoms with Crippen molar-refractivity contribution in [2.24, 2.45) is 5.84 Å². The van der Waals surface area contributed by atoms with Crippen LogP contribution in [0.5, 0.6) is 0 Å². The molecule has 0 heterocycles. The van der Waals surface area contributed by atoms with Gasteiger partial charge in [0, 0.05) is 6.04 Å². The van der Waals surface area contributed by atoms with E-state index in [-0.39, 0.29) is 12.1 Å². The monoisotopic (exact) mass is 186 g/mol. The Morgan fingerprint density at radius 2 is 2.15 bits per heavy atom. The smallest absolute Gasteiger partial charge is 0.0636 e. The Kier molecular flexibility index (Phi) is 6.86. The minimum Gasteiger partial charge on any atom is -0.377 e. The summed E-state index contributed by atoms with van der Waals surface area (Å²) in [6, 6.07) is 0.235. The molecule has 0 saturated carbocycles. The Balaban J connectivity index is 3.57. The van der Waals surface area contributed by atoms with Crippen molar-refractivity contribution < 1.29 is 4.74 Å². The molecule has 0 aliphatic heterocycles. The molecule has 0 aliphatic carbocycles. The number of nitrogens with one attached hydrogen (secondary N) is 1. The summed E-state index contributed by atoms with van der Waals surface area (Å²) in [7, 11) is 0. The molecule has 0 radical (unpaired) electrons. The maximum atomic E-state index is 5.45. The van der Waals surface area contributed by atoms with Gasteiger partial charge in [-0.25, -0.2) is 0 Å². The van der Waals surface area contributed by atoms with Crippen molar-refractivity contribution >= 4 is 0 Å². The largest absolute Gasteiger partial charge is 0.377 e. The number of allylic oxidation sites excluding steroid dienone is 1. The van der Waals surface area contributed by atoms with E-state index in [0.29, 0.717) is 6.61 Å². The maximum absolute atomic E-state index is 5.45. The van der Waals surface area contributed by atoms with Gasteiger partial charge in [0.15, 0.2) is 0 Å². The first-order valence-corrected chi connectivity index (χ1v) is 4.78. The van der Waals surface area contributed by atoms with Crippen LogP contribution in [0.1, 0.15) is 33.6 Å². The standard InChI is InChI=1S/C10H22N2O/c1-8(2)5-6-10(12-11)7-13-9(3)4/h9-10,12H,1,5-7,11H2,2-4H3. The first-order chi connectivity index (χ1) is 6.06. The van der Waals surface area contributed by atoms with Gasteiger partial charge < -0.3 is 4.74 Å². The van der Waals surface area contributed by atoms with Gasteiger partial charge in [-0.05, 0) is 33.6 Å². The molecule has 0 aromatic rings. The second-order valence-corrected chi connectivity index (χ2v) is 3.74. The average Bonchev–Trinajstić information content (AvgIpc) is 2.04. The van der Waals surface area contributed by atoms with Crippen molar-refractivity contribution in [1.82, 2.24) is 5.43 Å². The first kappa shape index (κ1) is 12.6. The zero-order valence-electron chi connectivity index (χ0n) is 8.97. The molecule has 0 aromatic heterocycles. The molecule has 0 spiro atoms. The SMILES string of the molecule is C=C(C)CCC(COC(C)C)NN. The Bertz CT molecular complexity index is 146. The van der Waals surface area contributed by atoms with E-state index in [2.05, 4.69) is 12.0 Å². The highest BCUT2D eigenvalue weighted by atomic mass is 16.5. The number of hydrogen-bond donors (Lipinski definition) is 2. The molecule has 0 amide bonds. The number of rotatable bonds is 7. The predicted octanol–water partition coefficient (Wildman–Crippen LogP) is 1.60. The van der Waals surface area contributed by atoms with Gasteiger partial charge in [-0.3, -0.25) is 11.3 Å². The highest BCUT2D eigenvalue weighted by Gasteiger charge is 2.07. The molecule has 1 atom stereocenters. The van der Waals surface area contributed by atoms with E-state index >= 15 is 0 Å². The van der Waals surface area contributed by atoms with E-state index < -0.39 is 0 Å². The highest BCUT2D eigenvalue weighted by molar-refractivity contribution is 4.88. The maximum Gasteiger partial charge on any atom is 0.0636 e. The summed E-state index contributed by atoms with van der Waals surface area (Å²) < 4.78 is 5.45. The lowest BCUT2D eigenvalue weighted by Crippen LogP contribution is -2.39. The molecule has 0 fully saturated rings. The lowest BCUT2D eigenvalue weighted by atomic mass is 10.1. The Morgan fingerprint density at radius 1 is 1.54 bits per heavy atom. The summed E-state index contributed by atoms with van der Waals surface area (Å²) in [6.07, 6.45) is 2.25. The fraction of sp³-hybridized carbons (Fsp3) is 0.800. The van der Waals surface area contributed by atoms with Gasteiger partial charge in [-0.15, -0.1) is 6.58 Å². The van der Waals surface area contributed by atoms with Gasteiger partial charge in [0.2, 0.25) is 0 Å². The van der Waals surface area contributed by atoms with Crippen LogP contribution in [0.25, 0.3) is 0 Å². The summed E-state index contributed by atoms with van der Waals surface area (Å²) in [4.78, 5) is 0. The summed E-state index contributed by atoms with van der Waals surface area (Å²) in [6.45, 7) is 10.6. The lowest BCUT2D eigenvalue weighted by Gasteiger charge is -2.17. The lowest BCUT2D eigenvalue weighted by molar-refractivity contribution is 0.0596. The van der Waals surface area contributed by atoms with Gasteiger partial charge in [0.05, 0.1) is 12.7 Å². The number of ether oxygens (including phenoxy) is 1. The zero-order chi connectivity index (χ0) is 10.3. The predicted molar refractivity (Wildman–Crippen MR) is 56.2 cm³/mol. The summed E-state index contributed by atoms with van der Waals surface area (Å²) in [5.41, 5.74) is 3.93. The summed E-state index contributed by atoms with van der Waals surface area (Å²) in [5.74, 6) is 5.39. The van der Waals surface area contributed by atoms with Gasteiger partial charge in [0.25, 0.3) is 0 Å². The number of hydrogen-bond acceptors (Lipinski definition) is 3. The molecule has 0 bridgehead atoms. The van der Waals surface area contributed by atoms with Crippen molar-refractivity contribution in [3.05, 3.63) is 12.2 Å². The molecular weight excluding hydrogens is 164 g/mol. The average molecular weight is 186 g/mol. The van der Waals surface area contributed by atoms with Crippen molar-refractivity contribution in [3.8, 4) is 0 Å². The Hall–Kier alpha value is -0.380. The third-order valence-corrected chi connectivity index (χ3v) is 1.79. The van der Waals surface area contributed by atoms with E-state index in [0.717, 1.165) is 12.8 Å². The van der Waals surface area contributed by atoms with Crippen LogP contribution in [0.15, 0.2) is 12.2 Å². The van der Waals surface area contributed by atoms with E-state index in [1.165, 1.54) is 5.57 Å². The molecule has 1 unspecified atom stereocenters. The summed E-state index contributed by atoms with van der Waals surface area (Å²) >= 11 is 0. The minimum atomic E-state index is 0.235. The van der Waals surface area contributed by atoms with E-state index in [4.69, 9.17) is 10.6 Å². The second-order valence-electron chi connectivity index (χ2n) is 3.74. The fourth-order valence-corrected chi connectivity index (χ4v) is 0.944. The Morgan fingerprint density at radius 3 is 2.54 bits per heavy atom. The Labute approximate surface area is 81.3 Å². The highest BCUT2D eigenvalue weighted by Crippen LogP contribution is 2.05. The quantitative estimate of drug-likeness (QED) is 0.361. The summed E-state index contributed by atoms with van der Waals surface area (Å²) in [5, 5.41) is 0. The molecule has 0 aromatic carbocycles. The molecule has 0 saturated heterocycles. The van der Waals surface area contributed by atoms with Crippen molar-refractivity contribution in [1.29, 1.82) is 0 Å². The van der Waals surface area contributed by atoms with Gasteiger partial charge in [-0.1, -0.05) is 5.57 Å². The van der Waals surface area contributed by atoms with E-state index in [1.54, 1.807) is 0 Å². The van der Waals surface area contributed by atoms with Crippen LogP contribution in [0, 0.1) is 0 Å². The molecule has 0 aliphatic rings. The number of nitrogens with two attached hydrogens (primary N) is 1. The minimum absolute atomic E-state index is 0.235. The second kappa shape index (κ2) is 7.06. The third kappa shape index (κ3) is 7.96. The van der Waals surface area contributed by atoms with E-state index in [9.17, 15) is 0 Å². The van der Waals surface area contributed by atoms with Crippen LogP contribution in [-0.2, 0) is 4.74 Å². The topological polar surface area (TPSA) is 47.3 Å². The fourth-order valence-electron chi connectivity index (χ4n) is 0.944. The van der Waals surface area contributed by atoms with Crippen LogP contribution < -0.4 is 11.3 Å². The van der Waals surface area contributed by atoms with Crippen molar-refractivity contribution in [2.45, 2.75) is 45.8 Å². The molecule has 0 rings (SSSR count).